The first-order chi connectivity index (χ1) is 9.78. The number of rotatable bonds is 7. The molecule has 0 amide bonds. The molecule has 1 aromatic rings. The fourth-order valence-electron chi connectivity index (χ4n) is 2.14. The van der Waals surface area contributed by atoms with Gasteiger partial charge in [0, 0.05) is 37.9 Å². The number of hydrogen-bond acceptors (Lipinski definition) is 6. The van der Waals surface area contributed by atoms with E-state index < -0.39 is 0 Å². The highest BCUT2D eigenvalue weighted by Crippen LogP contribution is 2.10. The Morgan fingerprint density at radius 2 is 2.25 bits per heavy atom. The maximum atomic E-state index is 5.51. The number of anilines is 1. The van der Waals surface area contributed by atoms with Crippen LogP contribution in [-0.2, 0) is 4.74 Å². The monoisotopic (exact) mass is 280 g/mol. The van der Waals surface area contributed by atoms with Crippen molar-refractivity contribution in [3.05, 3.63) is 12.3 Å². The van der Waals surface area contributed by atoms with Gasteiger partial charge in [-0.1, -0.05) is 6.92 Å². The molecule has 1 aliphatic rings. The lowest BCUT2D eigenvalue weighted by molar-refractivity contribution is 0.0368. The van der Waals surface area contributed by atoms with Crippen LogP contribution in [0.2, 0.25) is 0 Å². The molecule has 0 spiro atoms. The van der Waals surface area contributed by atoms with Gasteiger partial charge in [0.2, 0.25) is 11.8 Å². The maximum Gasteiger partial charge on any atom is 0.226 e. The van der Waals surface area contributed by atoms with E-state index >= 15 is 0 Å². The Balaban J connectivity index is 1.81. The van der Waals surface area contributed by atoms with Gasteiger partial charge in [-0.25, -0.2) is 4.98 Å². The second kappa shape index (κ2) is 8.01. The predicted octanol–water partition coefficient (Wildman–Crippen LogP) is 1.40. The minimum absolute atomic E-state index is 0.287. The standard InChI is InChI=1S/C14H24N4O2/c1-3-8-20-13-4-5-15-14(17-13)16-12(2)11-18-6-9-19-10-7-18/h4-5,12H,3,6-11H2,1-2H3,(H,15,16,17). The molecule has 1 saturated heterocycles. The lowest BCUT2D eigenvalue weighted by Gasteiger charge is -2.29. The number of morpholine rings is 1. The number of nitrogens with zero attached hydrogens (tertiary/aromatic N) is 3. The summed E-state index contributed by atoms with van der Waals surface area (Å²) in [4.78, 5) is 11.0. The second-order valence-electron chi connectivity index (χ2n) is 5.03. The molecule has 1 aromatic heterocycles. The van der Waals surface area contributed by atoms with Crippen molar-refractivity contribution in [1.29, 1.82) is 0 Å². The van der Waals surface area contributed by atoms with E-state index in [1.54, 1.807) is 12.3 Å². The predicted molar refractivity (Wildman–Crippen MR) is 78.2 cm³/mol. The highest BCUT2D eigenvalue weighted by molar-refractivity contribution is 5.28. The highest BCUT2D eigenvalue weighted by Gasteiger charge is 2.14. The molecule has 0 bridgehead atoms. The van der Waals surface area contributed by atoms with Gasteiger partial charge in [-0.15, -0.1) is 0 Å². The maximum absolute atomic E-state index is 5.51. The summed E-state index contributed by atoms with van der Waals surface area (Å²) in [5.74, 6) is 1.25. The fraction of sp³-hybridized carbons (Fsp3) is 0.714. The van der Waals surface area contributed by atoms with E-state index in [1.165, 1.54) is 0 Å². The van der Waals surface area contributed by atoms with Gasteiger partial charge >= 0.3 is 0 Å². The molecule has 6 heteroatoms. The summed E-state index contributed by atoms with van der Waals surface area (Å²) < 4.78 is 10.9. The summed E-state index contributed by atoms with van der Waals surface area (Å²) in [7, 11) is 0. The third kappa shape index (κ3) is 4.94. The van der Waals surface area contributed by atoms with Crippen LogP contribution in [0.3, 0.4) is 0 Å². The number of ether oxygens (including phenoxy) is 2. The van der Waals surface area contributed by atoms with E-state index in [4.69, 9.17) is 9.47 Å². The van der Waals surface area contributed by atoms with Crippen LogP contribution in [0.4, 0.5) is 5.95 Å². The molecular weight excluding hydrogens is 256 g/mol. The third-order valence-corrected chi connectivity index (χ3v) is 3.10. The quantitative estimate of drug-likeness (QED) is 0.814. The zero-order chi connectivity index (χ0) is 14.2. The molecule has 0 aromatic carbocycles. The molecule has 1 N–H and O–H groups in total. The SMILES string of the molecule is CCCOc1ccnc(NC(C)CN2CCOCC2)n1. The molecule has 1 atom stereocenters. The zero-order valence-electron chi connectivity index (χ0n) is 12.3. The number of hydrogen-bond donors (Lipinski definition) is 1. The Morgan fingerprint density at radius 1 is 1.45 bits per heavy atom. The molecule has 2 heterocycles. The summed E-state index contributed by atoms with van der Waals surface area (Å²) >= 11 is 0. The Kier molecular flexibility index (Phi) is 6.01. The zero-order valence-corrected chi connectivity index (χ0v) is 12.3. The van der Waals surface area contributed by atoms with Gasteiger partial charge in [0.25, 0.3) is 0 Å². The van der Waals surface area contributed by atoms with Gasteiger partial charge in [0.05, 0.1) is 19.8 Å². The highest BCUT2D eigenvalue weighted by atomic mass is 16.5. The topological polar surface area (TPSA) is 59.5 Å². The Hall–Kier alpha value is -1.40. The van der Waals surface area contributed by atoms with Gasteiger partial charge in [-0.3, -0.25) is 4.90 Å². The average Bonchev–Trinajstić information content (AvgIpc) is 2.46. The molecule has 0 radical (unpaired) electrons. The lowest BCUT2D eigenvalue weighted by atomic mass is 10.3. The first-order valence-corrected chi connectivity index (χ1v) is 7.30. The van der Waals surface area contributed by atoms with Crippen LogP contribution in [0.1, 0.15) is 20.3 Å². The Bertz CT molecular complexity index is 397. The van der Waals surface area contributed by atoms with Gasteiger partial charge in [0.1, 0.15) is 0 Å². The Morgan fingerprint density at radius 3 is 3.00 bits per heavy atom. The van der Waals surface area contributed by atoms with E-state index in [1.807, 2.05) is 0 Å². The molecule has 20 heavy (non-hydrogen) atoms. The van der Waals surface area contributed by atoms with Crippen molar-refractivity contribution < 1.29 is 9.47 Å². The van der Waals surface area contributed by atoms with Crippen LogP contribution >= 0.6 is 0 Å². The van der Waals surface area contributed by atoms with Crippen molar-refractivity contribution in [3.8, 4) is 5.88 Å². The van der Waals surface area contributed by atoms with Crippen molar-refractivity contribution in [2.45, 2.75) is 26.3 Å². The molecular formula is C14H24N4O2. The number of nitrogens with one attached hydrogen (secondary N) is 1. The first-order valence-electron chi connectivity index (χ1n) is 7.30. The molecule has 112 valence electrons. The second-order valence-corrected chi connectivity index (χ2v) is 5.03. The van der Waals surface area contributed by atoms with Crippen molar-refractivity contribution >= 4 is 5.95 Å². The van der Waals surface area contributed by atoms with E-state index in [-0.39, 0.29) is 6.04 Å². The van der Waals surface area contributed by atoms with Crippen LogP contribution in [0.15, 0.2) is 12.3 Å². The summed E-state index contributed by atoms with van der Waals surface area (Å²) in [5.41, 5.74) is 0. The molecule has 1 fully saturated rings. The minimum Gasteiger partial charge on any atom is -0.478 e. The van der Waals surface area contributed by atoms with Gasteiger partial charge in [0.15, 0.2) is 0 Å². The smallest absolute Gasteiger partial charge is 0.226 e. The van der Waals surface area contributed by atoms with Crippen molar-refractivity contribution in [1.82, 2.24) is 14.9 Å². The van der Waals surface area contributed by atoms with E-state index in [0.29, 0.717) is 18.4 Å². The molecule has 1 unspecified atom stereocenters. The Labute approximate surface area is 120 Å². The fourth-order valence-corrected chi connectivity index (χ4v) is 2.14. The van der Waals surface area contributed by atoms with Crippen LogP contribution in [0, 0.1) is 0 Å². The van der Waals surface area contributed by atoms with Crippen molar-refractivity contribution in [2.24, 2.45) is 0 Å². The molecule has 6 nitrogen and oxygen atoms in total. The minimum atomic E-state index is 0.287. The normalized spacial score (nSPS) is 17.7. The van der Waals surface area contributed by atoms with E-state index in [2.05, 4.69) is 34.0 Å². The number of aromatic nitrogens is 2. The molecule has 0 aliphatic carbocycles. The van der Waals surface area contributed by atoms with Crippen molar-refractivity contribution in [2.75, 3.05) is 44.8 Å². The molecule has 0 saturated carbocycles. The van der Waals surface area contributed by atoms with Crippen LogP contribution in [-0.4, -0.2) is 60.4 Å². The van der Waals surface area contributed by atoms with Gasteiger partial charge in [-0.05, 0) is 13.3 Å². The first kappa shape index (κ1) is 15.0. The van der Waals surface area contributed by atoms with E-state index in [9.17, 15) is 0 Å². The van der Waals surface area contributed by atoms with Crippen LogP contribution in [0.25, 0.3) is 0 Å². The summed E-state index contributed by atoms with van der Waals surface area (Å²) in [6, 6.07) is 2.07. The van der Waals surface area contributed by atoms with E-state index in [0.717, 1.165) is 39.3 Å². The third-order valence-electron chi connectivity index (χ3n) is 3.10. The summed E-state index contributed by atoms with van der Waals surface area (Å²) in [6.07, 6.45) is 2.70. The molecule has 2 rings (SSSR count). The largest absolute Gasteiger partial charge is 0.478 e. The van der Waals surface area contributed by atoms with Crippen LogP contribution in [0.5, 0.6) is 5.88 Å². The van der Waals surface area contributed by atoms with Crippen LogP contribution < -0.4 is 10.1 Å². The van der Waals surface area contributed by atoms with Crippen molar-refractivity contribution in [3.63, 3.8) is 0 Å². The lowest BCUT2D eigenvalue weighted by Crippen LogP contribution is -2.42. The summed E-state index contributed by atoms with van der Waals surface area (Å²) in [6.45, 7) is 9.49. The van der Waals surface area contributed by atoms with Gasteiger partial charge in [-0.2, -0.15) is 4.98 Å². The molecule has 1 aliphatic heterocycles. The summed E-state index contributed by atoms with van der Waals surface area (Å²) in [5, 5.41) is 3.32. The average molecular weight is 280 g/mol. The van der Waals surface area contributed by atoms with Gasteiger partial charge < -0.3 is 14.8 Å².